The second-order valence-electron chi connectivity index (χ2n) is 3.16. The van der Waals surface area contributed by atoms with Gasteiger partial charge in [-0.3, -0.25) is 4.79 Å². The lowest BCUT2D eigenvalue weighted by Gasteiger charge is -2.12. The number of pyridine rings is 1. The summed E-state index contributed by atoms with van der Waals surface area (Å²) >= 11 is 1.58. The van der Waals surface area contributed by atoms with E-state index in [1.54, 1.807) is 22.6 Å². The van der Waals surface area contributed by atoms with E-state index in [0.29, 0.717) is 0 Å². The van der Waals surface area contributed by atoms with Gasteiger partial charge in [-0.05, 0) is 41.1 Å². The van der Waals surface area contributed by atoms with Gasteiger partial charge in [-0.25, -0.2) is 4.98 Å². The van der Waals surface area contributed by atoms with Crippen LogP contribution in [0.3, 0.4) is 0 Å². The van der Waals surface area contributed by atoms with Crippen molar-refractivity contribution in [3.05, 3.63) is 20.9 Å². The van der Waals surface area contributed by atoms with Gasteiger partial charge in [-0.2, -0.15) is 0 Å². The number of ether oxygens (including phenoxy) is 1. The van der Waals surface area contributed by atoms with E-state index in [0.717, 1.165) is 0 Å². The summed E-state index contributed by atoms with van der Waals surface area (Å²) in [7, 11) is 0. The van der Waals surface area contributed by atoms with Gasteiger partial charge in [-0.1, -0.05) is 0 Å². The quantitative estimate of drug-likeness (QED) is 0.841. The maximum atomic E-state index is 12.1. The Hall–Kier alpha value is -1.06. The molecule has 1 aromatic heterocycles. The van der Waals surface area contributed by atoms with Crippen molar-refractivity contribution in [3.63, 3.8) is 0 Å². The molecular weight excluding hydrogens is 354 g/mol. The zero-order chi connectivity index (χ0) is 13.2. The fourth-order valence-corrected chi connectivity index (χ4v) is 1.74. The SMILES string of the molecule is Cc1cc(CC(=O)O)c(I)c(OC(F)(F)F)n1. The molecule has 8 heteroatoms. The van der Waals surface area contributed by atoms with E-state index in [1.165, 1.54) is 13.0 Å². The van der Waals surface area contributed by atoms with Crippen LogP contribution in [0.1, 0.15) is 11.3 Å². The van der Waals surface area contributed by atoms with E-state index in [9.17, 15) is 18.0 Å². The number of nitrogens with zero attached hydrogens (tertiary/aromatic N) is 1. The molecule has 17 heavy (non-hydrogen) atoms. The third-order valence-corrected chi connectivity index (χ3v) is 2.84. The Balaban J connectivity index is 3.14. The molecule has 0 radical (unpaired) electrons. The highest BCUT2D eigenvalue weighted by molar-refractivity contribution is 14.1. The second-order valence-corrected chi connectivity index (χ2v) is 4.24. The highest BCUT2D eigenvalue weighted by Crippen LogP contribution is 2.28. The molecule has 1 N–H and O–H groups in total. The summed E-state index contributed by atoms with van der Waals surface area (Å²) in [6.45, 7) is 1.46. The Bertz CT molecular complexity index is 448. The predicted molar refractivity (Wildman–Crippen MR) is 59.7 cm³/mol. The maximum Gasteiger partial charge on any atom is 0.574 e. The van der Waals surface area contributed by atoms with E-state index in [1.807, 2.05) is 0 Å². The van der Waals surface area contributed by atoms with Crippen molar-refractivity contribution in [1.29, 1.82) is 0 Å². The van der Waals surface area contributed by atoms with Gasteiger partial charge < -0.3 is 9.84 Å². The van der Waals surface area contributed by atoms with Crippen LogP contribution >= 0.6 is 22.6 Å². The average molecular weight is 361 g/mol. The van der Waals surface area contributed by atoms with Crippen LogP contribution in [0.25, 0.3) is 0 Å². The summed E-state index contributed by atoms with van der Waals surface area (Å²) in [6, 6.07) is 1.42. The van der Waals surface area contributed by atoms with Gasteiger partial charge in [0.25, 0.3) is 0 Å². The van der Waals surface area contributed by atoms with Crippen LogP contribution in [0, 0.1) is 10.5 Å². The molecule has 4 nitrogen and oxygen atoms in total. The zero-order valence-electron chi connectivity index (χ0n) is 8.51. The van der Waals surface area contributed by atoms with Crippen LogP contribution in [0.2, 0.25) is 0 Å². The molecule has 0 aromatic carbocycles. The van der Waals surface area contributed by atoms with E-state index in [-0.39, 0.29) is 21.2 Å². The fourth-order valence-electron chi connectivity index (χ4n) is 1.16. The number of aliphatic carboxylic acids is 1. The summed E-state index contributed by atoms with van der Waals surface area (Å²) in [5.74, 6) is -1.75. The molecule has 1 heterocycles. The van der Waals surface area contributed by atoms with Crippen LogP contribution < -0.4 is 4.74 Å². The smallest absolute Gasteiger partial charge is 0.481 e. The number of aromatic nitrogens is 1. The van der Waals surface area contributed by atoms with Crippen molar-refractivity contribution in [2.45, 2.75) is 19.7 Å². The highest BCUT2D eigenvalue weighted by atomic mass is 127. The van der Waals surface area contributed by atoms with E-state index in [4.69, 9.17) is 5.11 Å². The van der Waals surface area contributed by atoms with Crippen molar-refractivity contribution >= 4 is 28.6 Å². The number of halogens is 4. The number of rotatable bonds is 3. The number of aryl methyl sites for hydroxylation is 1. The first-order valence-electron chi connectivity index (χ1n) is 4.32. The van der Waals surface area contributed by atoms with Gasteiger partial charge in [0.05, 0.1) is 9.99 Å². The highest BCUT2D eigenvalue weighted by Gasteiger charge is 2.33. The summed E-state index contributed by atoms with van der Waals surface area (Å²) in [5, 5.41) is 8.62. The lowest BCUT2D eigenvalue weighted by molar-refractivity contribution is -0.276. The maximum absolute atomic E-state index is 12.1. The van der Waals surface area contributed by atoms with E-state index < -0.39 is 18.2 Å². The first kappa shape index (κ1) is 14.0. The third-order valence-electron chi connectivity index (χ3n) is 1.68. The topological polar surface area (TPSA) is 59.4 Å². The molecule has 1 rings (SSSR count). The number of hydrogen-bond donors (Lipinski definition) is 1. The normalized spacial score (nSPS) is 11.4. The summed E-state index contributed by atoms with van der Waals surface area (Å²) < 4.78 is 40.0. The Kier molecular flexibility index (Phi) is 4.17. The van der Waals surface area contributed by atoms with Gasteiger partial charge in [0, 0.05) is 5.69 Å². The van der Waals surface area contributed by atoms with Gasteiger partial charge in [0.15, 0.2) is 0 Å². The standard InChI is InChI=1S/C9H7F3INO3/c1-4-2-5(3-6(15)16)7(13)8(14-4)17-9(10,11)12/h2H,3H2,1H3,(H,15,16). The molecule has 0 bridgehead atoms. The Labute approximate surface area is 108 Å². The molecule has 0 amide bonds. The minimum atomic E-state index is -4.85. The molecule has 0 aliphatic carbocycles. The molecule has 1 aromatic rings. The molecular formula is C9H7F3INO3. The summed E-state index contributed by atoms with van der Waals surface area (Å²) in [4.78, 5) is 14.1. The molecule has 0 spiro atoms. The van der Waals surface area contributed by atoms with E-state index in [2.05, 4.69) is 9.72 Å². The van der Waals surface area contributed by atoms with Crippen LogP contribution in [-0.2, 0) is 11.2 Å². The van der Waals surface area contributed by atoms with Crippen molar-refractivity contribution < 1.29 is 27.8 Å². The summed E-state index contributed by atoms with van der Waals surface area (Å²) in [6.07, 6.45) is -5.23. The minimum absolute atomic E-state index is 0.0490. The molecule has 0 saturated carbocycles. The lowest BCUT2D eigenvalue weighted by Crippen LogP contribution is -2.19. The van der Waals surface area contributed by atoms with E-state index >= 15 is 0 Å². The fraction of sp³-hybridized carbons (Fsp3) is 0.333. The molecule has 0 unspecified atom stereocenters. The van der Waals surface area contributed by atoms with Crippen LogP contribution in [0.5, 0.6) is 5.88 Å². The van der Waals surface area contributed by atoms with Crippen molar-refractivity contribution in [2.75, 3.05) is 0 Å². The molecule has 0 atom stereocenters. The van der Waals surface area contributed by atoms with Crippen molar-refractivity contribution in [3.8, 4) is 5.88 Å². The number of alkyl halides is 3. The largest absolute Gasteiger partial charge is 0.574 e. The second kappa shape index (κ2) is 5.07. The third kappa shape index (κ3) is 4.36. The number of carbonyl (C=O) groups is 1. The Morgan fingerprint density at radius 3 is 2.65 bits per heavy atom. The minimum Gasteiger partial charge on any atom is -0.481 e. The van der Waals surface area contributed by atoms with Crippen LogP contribution in [-0.4, -0.2) is 22.4 Å². The van der Waals surface area contributed by atoms with Gasteiger partial charge in [0.1, 0.15) is 0 Å². The first-order valence-corrected chi connectivity index (χ1v) is 5.40. The molecule has 0 aliphatic rings. The molecule has 0 saturated heterocycles. The van der Waals surface area contributed by atoms with Crippen molar-refractivity contribution in [1.82, 2.24) is 4.98 Å². The zero-order valence-corrected chi connectivity index (χ0v) is 10.7. The monoisotopic (exact) mass is 361 g/mol. The Morgan fingerprint density at radius 1 is 1.59 bits per heavy atom. The predicted octanol–water partition coefficient (Wildman–Crippen LogP) is 2.52. The van der Waals surface area contributed by atoms with Crippen LogP contribution in [0.4, 0.5) is 13.2 Å². The van der Waals surface area contributed by atoms with Gasteiger partial charge >= 0.3 is 12.3 Å². The number of hydrogen-bond acceptors (Lipinski definition) is 3. The average Bonchev–Trinajstić information content (AvgIpc) is 2.09. The van der Waals surface area contributed by atoms with Crippen LogP contribution in [0.15, 0.2) is 6.07 Å². The summed E-state index contributed by atoms with van der Waals surface area (Å²) in [5.41, 5.74) is 0.505. The number of carboxylic acids is 1. The molecule has 0 aliphatic heterocycles. The molecule has 94 valence electrons. The van der Waals surface area contributed by atoms with Gasteiger partial charge in [0.2, 0.25) is 5.88 Å². The molecule has 0 fully saturated rings. The Morgan fingerprint density at radius 2 is 2.18 bits per heavy atom. The lowest BCUT2D eigenvalue weighted by atomic mass is 10.2. The van der Waals surface area contributed by atoms with Gasteiger partial charge in [-0.15, -0.1) is 13.2 Å². The number of carboxylic acid groups (broad SMARTS) is 1. The first-order chi connectivity index (χ1) is 7.69. The van der Waals surface area contributed by atoms with Crippen molar-refractivity contribution in [2.24, 2.45) is 0 Å².